The summed E-state index contributed by atoms with van der Waals surface area (Å²) in [6.45, 7) is 4.94. The number of H-pyrrole nitrogens is 1. The molecule has 3 aromatic heterocycles. The van der Waals surface area contributed by atoms with Gasteiger partial charge in [0.25, 0.3) is 0 Å². The molecule has 12 nitrogen and oxygen atoms in total. The third-order valence-electron chi connectivity index (χ3n) is 9.07. The van der Waals surface area contributed by atoms with E-state index in [0.29, 0.717) is 60.8 Å². The Labute approximate surface area is 245 Å². The first kappa shape index (κ1) is 26.5. The number of hydrogen-bond donors (Lipinski definition) is 3. The zero-order valence-corrected chi connectivity index (χ0v) is 24.6. The van der Waals surface area contributed by atoms with Crippen LogP contribution >= 0.6 is 23.1 Å². The molecule has 0 radical (unpaired) electrons. The maximum absolute atomic E-state index is 14.4. The Hall–Kier alpha value is -3.35. The molecule has 7 heterocycles. The fourth-order valence-corrected chi connectivity index (χ4v) is 9.59. The molecule has 1 spiro atoms. The van der Waals surface area contributed by atoms with Gasteiger partial charge in [-0.2, -0.15) is 25.3 Å². The number of nitriles is 1. The molecule has 0 amide bonds. The van der Waals surface area contributed by atoms with Crippen LogP contribution < -0.4 is 26.0 Å². The number of nitrogens with one attached hydrogen (secondary N) is 1. The van der Waals surface area contributed by atoms with Gasteiger partial charge in [0.05, 0.1) is 39.5 Å². The number of anilines is 4. The third kappa shape index (κ3) is 4.18. The fraction of sp³-hybridized carbons (Fsp3) is 0.577. The van der Waals surface area contributed by atoms with E-state index in [1.165, 1.54) is 16.2 Å². The minimum Gasteiger partial charge on any atom is -0.461 e. The normalized spacial score (nSPS) is 25.1. The van der Waals surface area contributed by atoms with E-state index in [9.17, 15) is 9.65 Å². The molecular weight excluding hydrogens is 565 g/mol. The van der Waals surface area contributed by atoms with E-state index < -0.39 is 6.17 Å². The fourth-order valence-electron chi connectivity index (χ4n) is 6.78. The van der Waals surface area contributed by atoms with Crippen molar-refractivity contribution < 1.29 is 9.13 Å². The number of alkyl halides is 1. The Kier molecular flexibility index (Phi) is 6.22. The number of nitrogens with two attached hydrogens (primary N) is 2. The number of ether oxygens (including phenoxy) is 1. The van der Waals surface area contributed by atoms with Crippen molar-refractivity contribution in [3.8, 4) is 12.1 Å². The average molecular weight is 598 g/mol. The van der Waals surface area contributed by atoms with E-state index in [1.807, 2.05) is 30.6 Å². The van der Waals surface area contributed by atoms with Gasteiger partial charge in [0.1, 0.15) is 23.8 Å². The SMILES string of the molecule is CC(c1[nH]ncc1N)N(C)c1nc(OC[C@@]23CCCN2C[C@H](F)C3)nc(N2CC3(C2)SCc2sc(N)c(C#N)c23)n1. The van der Waals surface area contributed by atoms with Gasteiger partial charge >= 0.3 is 6.01 Å². The maximum atomic E-state index is 14.4. The molecule has 3 atom stereocenters. The highest BCUT2D eigenvalue weighted by Gasteiger charge is 2.53. The molecule has 7 rings (SSSR count). The summed E-state index contributed by atoms with van der Waals surface area (Å²) >= 11 is 3.36. The molecule has 216 valence electrons. The molecule has 4 aliphatic rings. The van der Waals surface area contributed by atoms with Gasteiger partial charge in [-0.25, -0.2) is 4.39 Å². The molecule has 0 saturated carbocycles. The second-order valence-corrected chi connectivity index (χ2v) is 14.0. The second kappa shape index (κ2) is 9.60. The summed E-state index contributed by atoms with van der Waals surface area (Å²) in [4.78, 5) is 21.6. The summed E-state index contributed by atoms with van der Waals surface area (Å²) in [5.74, 6) is 1.77. The molecule has 1 unspecified atom stereocenters. The Morgan fingerprint density at radius 2 is 2.17 bits per heavy atom. The van der Waals surface area contributed by atoms with Crippen molar-refractivity contribution in [2.75, 3.05) is 61.1 Å². The van der Waals surface area contributed by atoms with Crippen molar-refractivity contribution in [1.29, 1.82) is 5.26 Å². The number of rotatable bonds is 7. The zero-order valence-electron chi connectivity index (χ0n) is 22.9. The second-order valence-electron chi connectivity index (χ2n) is 11.5. The number of hydrogen-bond acceptors (Lipinski definition) is 13. The van der Waals surface area contributed by atoms with E-state index in [-0.39, 0.29) is 22.3 Å². The highest BCUT2D eigenvalue weighted by molar-refractivity contribution is 8.00. The van der Waals surface area contributed by atoms with Gasteiger partial charge in [0.2, 0.25) is 11.9 Å². The molecule has 3 fully saturated rings. The molecule has 0 aliphatic carbocycles. The first-order chi connectivity index (χ1) is 19.7. The summed E-state index contributed by atoms with van der Waals surface area (Å²) in [7, 11) is 1.89. The van der Waals surface area contributed by atoms with Crippen LogP contribution in [0.4, 0.5) is 27.0 Å². The van der Waals surface area contributed by atoms with Crippen LogP contribution in [0.25, 0.3) is 0 Å². The predicted octanol–water partition coefficient (Wildman–Crippen LogP) is 2.81. The molecule has 0 bridgehead atoms. The standard InChI is InChI=1S/C26H32FN11OS2/c1-14(20-17(29)8-31-35-20)36(2)22-32-23(34-24(33-22)39-13-25-4-3-5-38(25)9-15(27)6-25)37-11-26(12-37)19-16(7-28)21(30)41-18(19)10-40-26/h8,14-15H,3-6,9-13,29-30H2,1-2H3,(H,31,35)/t14?,15-,25+/m1/s1. The van der Waals surface area contributed by atoms with Crippen LogP contribution in [0.3, 0.4) is 0 Å². The lowest BCUT2D eigenvalue weighted by Gasteiger charge is -2.47. The molecule has 4 aliphatic heterocycles. The largest absolute Gasteiger partial charge is 0.461 e. The lowest BCUT2D eigenvalue weighted by atomic mass is 9.88. The summed E-state index contributed by atoms with van der Waals surface area (Å²) in [6, 6.07) is 2.33. The third-order valence-corrected chi connectivity index (χ3v) is 11.7. The number of nitrogen functional groups attached to an aromatic ring is 2. The van der Waals surface area contributed by atoms with Crippen LogP contribution in [0.2, 0.25) is 0 Å². The molecule has 15 heteroatoms. The van der Waals surface area contributed by atoms with Crippen LogP contribution in [0.1, 0.15) is 53.9 Å². The molecule has 3 saturated heterocycles. The van der Waals surface area contributed by atoms with Gasteiger partial charge in [-0.05, 0) is 26.3 Å². The highest BCUT2D eigenvalue weighted by Crippen LogP contribution is 2.57. The Balaban J connectivity index is 1.18. The number of thioether (sulfide) groups is 1. The average Bonchev–Trinajstić information content (AvgIpc) is 3.72. The van der Waals surface area contributed by atoms with Crippen LogP contribution in [0.5, 0.6) is 6.01 Å². The van der Waals surface area contributed by atoms with E-state index >= 15 is 0 Å². The van der Waals surface area contributed by atoms with Gasteiger partial charge in [0, 0.05) is 49.3 Å². The van der Waals surface area contributed by atoms with Crippen molar-refractivity contribution >= 4 is 45.7 Å². The zero-order chi connectivity index (χ0) is 28.5. The lowest BCUT2D eigenvalue weighted by molar-refractivity contribution is 0.107. The number of fused-ring (bicyclic) bond motifs is 3. The van der Waals surface area contributed by atoms with Crippen molar-refractivity contribution in [1.82, 2.24) is 30.0 Å². The monoisotopic (exact) mass is 597 g/mol. The smallest absolute Gasteiger partial charge is 0.323 e. The number of thiophene rings is 1. The van der Waals surface area contributed by atoms with E-state index in [4.69, 9.17) is 26.2 Å². The molecule has 3 aromatic rings. The van der Waals surface area contributed by atoms with Crippen molar-refractivity contribution in [3.05, 3.63) is 27.9 Å². The first-order valence-corrected chi connectivity index (χ1v) is 15.5. The van der Waals surface area contributed by atoms with Crippen molar-refractivity contribution in [2.24, 2.45) is 0 Å². The molecule has 0 aromatic carbocycles. The molecular formula is C26H32FN11OS2. The quantitative estimate of drug-likeness (QED) is 0.366. The Morgan fingerprint density at radius 1 is 1.34 bits per heavy atom. The molecule has 41 heavy (non-hydrogen) atoms. The van der Waals surface area contributed by atoms with Crippen molar-refractivity contribution in [2.45, 2.75) is 54.4 Å². The predicted molar refractivity (Wildman–Crippen MR) is 157 cm³/mol. The van der Waals surface area contributed by atoms with Crippen LogP contribution in [-0.2, 0) is 10.5 Å². The highest BCUT2D eigenvalue weighted by atomic mass is 32.2. The van der Waals surface area contributed by atoms with Crippen molar-refractivity contribution in [3.63, 3.8) is 0 Å². The van der Waals surface area contributed by atoms with Gasteiger partial charge in [-0.1, -0.05) is 0 Å². The van der Waals surface area contributed by atoms with Gasteiger partial charge < -0.3 is 26.0 Å². The topological polar surface area (TPSA) is 162 Å². The van der Waals surface area contributed by atoms with Gasteiger partial charge in [-0.15, -0.1) is 23.1 Å². The van der Waals surface area contributed by atoms with Gasteiger partial charge in [-0.3, -0.25) is 10.00 Å². The van der Waals surface area contributed by atoms with Crippen LogP contribution in [0.15, 0.2) is 6.20 Å². The minimum atomic E-state index is -0.842. The summed E-state index contributed by atoms with van der Waals surface area (Å²) in [5, 5.41) is 17.4. The Bertz CT molecular complexity index is 1530. The first-order valence-electron chi connectivity index (χ1n) is 13.7. The lowest BCUT2D eigenvalue weighted by Crippen LogP contribution is -2.57. The number of aromatic nitrogens is 5. The minimum absolute atomic E-state index is 0.200. The Morgan fingerprint density at radius 3 is 2.93 bits per heavy atom. The van der Waals surface area contributed by atoms with E-state index in [2.05, 4.69) is 31.1 Å². The summed E-state index contributed by atoms with van der Waals surface area (Å²) in [5.41, 5.74) is 15.0. The van der Waals surface area contributed by atoms with Crippen LogP contribution in [0, 0.1) is 11.3 Å². The number of nitrogens with zero attached hydrogens (tertiary/aromatic N) is 8. The van der Waals surface area contributed by atoms with E-state index in [1.54, 1.807) is 6.20 Å². The summed E-state index contributed by atoms with van der Waals surface area (Å²) in [6.07, 6.45) is 3.13. The van der Waals surface area contributed by atoms with Gasteiger partial charge in [0.15, 0.2) is 0 Å². The van der Waals surface area contributed by atoms with E-state index in [0.717, 1.165) is 36.4 Å². The maximum Gasteiger partial charge on any atom is 0.323 e. The number of aromatic amines is 1. The number of halogens is 1. The van der Waals surface area contributed by atoms with Crippen LogP contribution in [-0.4, -0.2) is 81.6 Å². The summed E-state index contributed by atoms with van der Waals surface area (Å²) < 4.78 is 20.4. The molecule has 5 N–H and O–H groups in total.